The molecule has 4 nitrogen and oxygen atoms in total. The quantitative estimate of drug-likeness (QED) is 0.663. The first-order valence-electron chi connectivity index (χ1n) is 7.75. The average Bonchev–Trinajstić information content (AvgIpc) is 2.41. The molecule has 1 spiro atoms. The monoisotopic (exact) mass is 288 g/mol. The van der Waals surface area contributed by atoms with Crippen molar-refractivity contribution in [3.63, 3.8) is 0 Å². The molecular weight excluding hydrogens is 264 g/mol. The van der Waals surface area contributed by atoms with Gasteiger partial charge in [0.2, 0.25) is 0 Å². The molecule has 1 atom stereocenters. The van der Waals surface area contributed by atoms with Crippen LogP contribution < -0.4 is 10.5 Å². The Morgan fingerprint density at radius 2 is 2.00 bits per heavy atom. The van der Waals surface area contributed by atoms with Crippen molar-refractivity contribution < 1.29 is 9.47 Å². The van der Waals surface area contributed by atoms with Gasteiger partial charge in [0.1, 0.15) is 17.7 Å². The van der Waals surface area contributed by atoms with Gasteiger partial charge in [-0.15, -0.1) is 0 Å². The highest BCUT2D eigenvalue weighted by Crippen LogP contribution is 2.43. The molecule has 4 heteroatoms. The maximum absolute atomic E-state index is 7.56. The SMILES string of the molecule is Cc1cc(C(=N)N)cc(C)c1OC1CCOC2(CCC2)C1. The van der Waals surface area contributed by atoms with E-state index < -0.39 is 0 Å². The van der Waals surface area contributed by atoms with Crippen LogP contribution in [0.25, 0.3) is 0 Å². The van der Waals surface area contributed by atoms with E-state index in [4.69, 9.17) is 20.6 Å². The van der Waals surface area contributed by atoms with E-state index >= 15 is 0 Å². The number of nitrogen functional groups attached to an aromatic ring is 1. The van der Waals surface area contributed by atoms with Crippen LogP contribution in [0, 0.1) is 19.3 Å². The molecule has 114 valence electrons. The van der Waals surface area contributed by atoms with E-state index in [1.165, 1.54) is 19.3 Å². The second-order valence-electron chi connectivity index (χ2n) is 6.47. The smallest absolute Gasteiger partial charge is 0.125 e. The lowest BCUT2D eigenvalue weighted by atomic mass is 9.74. The molecular formula is C17H24N2O2. The minimum absolute atomic E-state index is 0.101. The van der Waals surface area contributed by atoms with Gasteiger partial charge in [0.25, 0.3) is 0 Å². The Balaban J connectivity index is 1.76. The Morgan fingerprint density at radius 3 is 2.52 bits per heavy atom. The van der Waals surface area contributed by atoms with Gasteiger partial charge in [-0.05, 0) is 56.4 Å². The summed E-state index contributed by atoms with van der Waals surface area (Å²) in [6, 6.07) is 3.87. The molecule has 1 aromatic carbocycles. The molecule has 1 aromatic rings. The Kier molecular flexibility index (Phi) is 3.66. The van der Waals surface area contributed by atoms with Crippen molar-refractivity contribution in [3.05, 3.63) is 28.8 Å². The van der Waals surface area contributed by atoms with Crippen molar-refractivity contribution in [1.29, 1.82) is 5.41 Å². The predicted molar refractivity (Wildman–Crippen MR) is 83.1 cm³/mol. The number of rotatable bonds is 3. The van der Waals surface area contributed by atoms with Gasteiger partial charge in [-0.2, -0.15) is 0 Å². The zero-order valence-corrected chi connectivity index (χ0v) is 12.9. The Hall–Kier alpha value is -1.55. The maximum Gasteiger partial charge on any atom is 0.125 e. The van der Waals surface area contributed by atoms with Gasteiger partial charge >= 0.3 is 0 Å². The minimum atomic E-state index is 0.101. The lowest BCUT2D eigenvalue weighted by Gasteiger charge is -2.47. The summed E-state index contributed by atoms with van der Waals surface area (Å²) in [4.78, 5) is 0. The van der Waals surface area contributed by atoms with Crippen molar-refractivity contribution in [2.45, 2.75) is 57.7 Å². The molecule has 1 unspecified atom stereocenters. The third-order valence-electron chi connectivity index (χ3n) is 4.77. The Bertz CT molecular complexity index is 541. The number of amidine groups is 1. The first-order valence-corrected chi connectivity index (χ1v) is 7.75. The van der Waals surface area contributed by atoms with Crippen LogP contribution in [0.2, 0.25) is 0 Å². The summed E-state index contributed by atoms with van der Waals surface area (Å²) in [6.07, 6.45) is 5.81. The van der Waals surface area contributed by atoms with Crippen molar-refractivity contribution in [2.75, 3.05) is 6.61 Å². The van der Waals surface area contributed by atoms with Gasteiger partial charge in [-0.1, -0.05) is 0 Å². The summed E-state index contributed by atoms with van der Waals surface area (Å²) >= 11 is 0. The van der Waals surface area contributed by atoms with Crippen LogP contribution in [0.1, 0.15) is 48.8 Å². The number of ether oxygens (including phenoxy) is 2. The van der Waals surface area contributed by atoms with Crippen LogP contribution in [0.15, 0.2) is 12.1 Å². The molecule has 21 heavy (non-hydrogen) atoms. The minimum Gasteiger partial charge on any atom is -0.490 e. The standard InChI is InChI=1S/C17H24N2O2/c1-11-8-13(16(18)19)9-12(2)15(11)21-14-4-7-20-17(10-14)5-3-6-17/h8-9,14H,3-7,10H2,1-2H3,(H3,18,19). The first kappa shape index (κ1) is 14.4. The number of nitrogens with one attached hydrogen (secondary N) is 1. The van der Waals surface area contributed by atoms with Gasteiger partial charge in [-0.3, -0.25) is 5.41 Å². The molecule has 1 aliphatic heterocycles. The zero-order chi connectivity index (χ0) is 15.0. The van der Waals surface area contributed by atoms with Crippen molar-refractivity contribution in [2.24, 2.45) is 5.73 Å². The molecule has 0 radical (unpaired) electrons. The van der Waals surface area contributed by atoms with E-state index in [0.29, 0.717) is 0 Å². The second-order valence-corrected chi connectivity index (χ2v) is 6.47. The fourth-order valence-electron chi connectivity index (χ4n) is 3.46. The largest absolute Gasteiger partial charge is 0.490 e. The fourth-order valence-corrected chi connectivity index (χ4v) is 3.46. The summed E-state index contributed by atoms with van der Waals surface area (Å²) in [5.74, 6) is 1.05. The number of hydrogen-bond donors (Lipinski definition) is 2. The molecule has 1 aliphatic carbocycles. The molecule has 1 heterocycles. The highest BCUT2D eigenvalue weighted by Gasteiger charge is 2.43. The van der Waals surface area contributed by atoms with Crippen molar-refractivity contribution in [3.8, 4) is 5.75 Å². The second kappa shape index (κ2) is 5.34. The normalized spacial score (nSPS) is 23.6. The summed E-state index contributed by atoms with van der Waals surface area (Å²) in [6.45, 7) is 4.84. The van der Waals surface area contributed by atoms with E-state index in [1.54, 1.807) is 0 Å². The molecule has 2 fully saturated rings. The summed E-state index contributed by atoms with van der Waals surface area (Å²) < 4.78 is 12.2. The predicted octanol–water partition coefficient (Wildman–Crippen LogP) is 3.07. The Morgan fingerprint density at radius 1 is 1.33 bits per heavy atom. The molecule has 2 aliphatic rings. The lowest BCUT2D eigenvalue weighted by molar-refractivity contribution is -0.153. The van der Waals surface area contributed by atoms with Crippen LogP contribution >= 0.6 is 0 Å². The number of aryl methyl sites for hydroxylation is 2. The molecule has 0 amide bonds. The highest BCUT2D eigenvalue weighted by atomic mass is 16.5. The van der Waals surface area contributed by atoms with Gasteiger partial charge in [0.05, 0.1) is 12.2 Å². The summed E-state index contributed by atoms with van der Waals surface area (Å²) in [7, 11) is 0. The molecule has 3 N–H and O–H groups in total. The molecule has 1 saturated carbocycles. The van der Waals surface area contributed by atoms with Crippen LogP contribution in [0.3, 0.4) is 0 Å². The topological polar surface area (TPSA) is 68.3 Å². The van der Waals surface area contributed by atoms with Crippen molar-refractivity contribution >= 4 is 5.84 Å². The van der Waals surface area contributed by atoms with Crippen LogP contribution in [0.5, 0.6) is 5.75 Å². The molecule has 1 saturated heterocycles. The van der Waals surface area contributed by atoms with E-state index in [-0.39, 0.29) is 17.5 Å². The van der Waals surface area contributed by atoms with Crippen LogP contribution in [0.4, 0.5) is 0 Å². The van der Waals surface area contributed by atoms with E-state index in [9.17, 15) is 0 Å². The lowest BCUT2D eigenvalue weighted by Crippen LogP contribution is -2.48. The summed E-state index contributed by atoms with van der Waals surface area (Å²) in [5, 5.41) is 7.56. The van der Waals surface area contributed by atoms with Gasteiger partial charge in [0.15, 0.2) is 0 Å². The first-order chi connectivity index (χ1) is 9.99. The van der Waals surface area contributed by atoms with E-state index in [1.807, 2.05) is 26.0 Å². The number of nitrogens with two attached hydrogens (primary N) is 1. The average molecular weight is 288 g/mol. The number of benzene rings is 1. The van der Waals surface area contributed by atoms with E-state index in [2.05, 4.69) is 0 Å². The summed E-state index contributed by atoms with van der Waals surface area (Å²) in [5.41, 5.74) is 8.54. The molecule has 0 bridgehead atoms. The molecule has 0 aromatic heterocycles. The number of hydrogen-bond acceptors (Lipinski definition) is 3. The van der Waals surface area contributed by atoms with Crippen molar-refractivity contribution in [1.82, 2.24) is 0 Å². The maximum atomic E-state index is 7.56. The third kappa shape index (κ3) is 2.77. The van der Waals surface area contributed by atoms with Gasteiger partial charge < -0.3 is 15.2 Å². The van der Waals surface area contributed by atoms with Crippen LogP contribution in [-0.2, 0) is 4.74 Å². The highest BCUT2D eigenvalue weighted by molar-refractivity contribution is 5.95. The zero-order valence-electron chi connectivity index (χ0n) is 12.9. The van der Waals surface area contributed by atoms with Gasteiger partial charge in [-0.25, -0.2) is 0 Å². The van der Waals surface area contributed by atoms with Crippen LogP contribution in [-0.4, -0.2) is 24.1 Å². The Labute approximate surface area is 126 Å². The fraction of sp³-hybridized carbons (Fsp3) is 0.588. The van der Waals surface area contributed by atoms with Gasteiger partial charge in [0, 0.05) is 18.4 Å². The van der Waals surface area contributed by atoms with E-state index in [0.717, 1.165) is 41.9 Å². The third-order valence-corrected chi connectivity index (χ3v) is 4.77. The molecule has 3 rings (SSSR count).